The number of hydrogen-bond donors (Lipinski definition) is 2. The van der Waals surface area contributed by atoms with Crippen molar-refractivity contribution in [3.63, 3.8) is 0 Å². The molecule has 2 aliphatic carbocycles. The molecule has 6 heteroatoms. The highest BCUT2D eigenvalue weighted by Crippen LogP contribution is 2.53. The van der Waals surface area contributed by atoms with Gasteiger partial charge in [0.25, 0.3) is 0 Å². The average Bonchev–Trinajstić information content (AvgIpc) is 2.67. The van der Waals surface area contributed by atoms with E-state index in [-0.39, 0.29) is 0 Å². The predicted octanol–water partition coefficient (Wildman–Crippen LogP) is 1.61. The number of aliphatic imine (C=N–C) groups is 1. The zero-order valence-electron chi connectivity index (χ0n) is 16.1. The van der Waals surface area contributed by atoms with Gasteiger partial charge in [-0.05, 0) is 26.2 Å². The molecule has 3 aliphatic rings. The summed E-state index contributed by atoms with van der Waals surface area (Å²) in [5.41, 5.74) is 0.329. The second kappa shape index (κ2) is 9.19. The fourth-order valence-corrected chi connectivity index (χ4v) is 4.78. The first-order valence-corrected chi connectivity index (χ1v) is 10.2. The van der Waals surface area contributed by atoms with Crippen molar-refractivity contribution in [2.75, 3.05) is 53.0 Å². The zero-order valence-corrected chi connectivity index (χ0v) is 16.1. The van der Waals surface area contributed by atoms with Crippen LogP contribution in [-0.4, -0.2) is 76.1 Å². The number of ether oxygens (including phenoxy) is 2. The Bertz CT molecular complexity index is 431. The van der Waals surface area contributed by atoms with Crippen LogP contribution in [0.4, 0.5) is 0 Å². The Morgan fingerprint density at radius 1 is 1.24 bits per heavy atom. The first kappa shape index (κ1) is 18.9. The van der Waals surface area contributed by atoms with Crippen LogP contribution in [0.25, 0.3) is 0 Å². The molecule has 6 nitrogen and oxygen atoms in total. The van der Waals surface area contributed by atoms with Crippen LogP contribution in [0.15, 0.2) is 4.99 Å². The summed E-state index contributed by atoms with van der Waals surface area (Å²) in [6, 6.07) is 0.499. The van der Waals surface area contributed by atoms with E-state index in [1.54, 1.807) is 0 Å². The van der Waals surface area contributed by atoms with E-state index in [1.807, 2.05) is 7.05 Å². The lowest BCUT2D eigenvalue weighted by atomic mass is 9.55. The zero-order chi connectivity index (χ0) is 17.5. The molecule has 144 valence electrons. The summed E-state index contributed by atoms with van der Waals surface area (Å²) in [6.45, 7) is 8.70. The maximum atomic E-state index is 6.06. The van der Waals surface area contributed by atoms with Gasteiger partial charge in [-0.3, -0.25) is 9.89 Å². The van der Waals surface area contributed by atoms with Crippen molar-refractivity contribution < 1.29 is 9.47 Å². The summed E-state index contributed by atoms with van der Waals surface area (Å²) in [4.78, 5) is 6.90. The van der Waals surface area contributed by atoms with Crippen LogP contribution in [0.2, 0.25) is 0 Å². The maximum absolute atomic E-state index is 6.06. The van der Waals surface area contributed by atoms with E-state index in [1.165, 1.54) is 32.1 Å². The van der Waals surface area contributed by atoms with Crippen molar-refractivity contribution in [3.05, 3.63) is 0 Å². The van der Waals surface area contributed by atoms with Crippen molar-refractivity contribution in [2.45, 2.75) is 57.6 Å². The second-order valence-corrected chi connectivity index (χ2v) is 7.62. The molecule has 1 saturated heterocycles. The van der Waals surface area contributed by atoms with Gasteiger partial charge in [0.2, 0.25) is 0 Å². The van der Waals surface area contributed by atoms with Crippen LogP contribution in [0.1, 0.15) is 45.4 Å². The van der Waals surface area contributed by atoms with Crippen LogP contribution in [0, 0.1) is 5.41 Å². The Balaban J connectivity index is 1.47. The van der Waals surface area contributed by atoms with Crippen molar-refractivity contribution in [1.82, 2.24) is 15.5 Å². The standard InChI is InChI=1S/C19H36N4O2/c1-3-25-17-15-16(19(17)7-5-4-6-8-19)22-18(20-2)21-9-10-23-11-13-24-14-12-23/h16-17H,3-15H2,1-2H3,(H2,20,21,22). The van der Waals surface area contributed by atoms with Gasteiger partial charge < -0.3 is 20.1 Å². The highest BCUT2D eigenvalue weighted by molar-refractivity contribution is 5.80. The first-order chi connectivity index (χ1) is 12.3. The molecule has 2 N–H and O–H groups in total. The predicted molar refractivity (Wildman–Crippen MR) is 101 cm³/mol. The lowest BCUT2D eigenvalue weighted by Crippen LogP contribution is -2.66. The number of nitrogens with zero attached hydrogens (tertiary/aromatic N) is 2. The monoisotopic (exact) mass is 352 g/mol. The molecule has 3 fully saturated rings. The number of morpholine rings is 1. The van der Waals surface area contributed by atoms with Gasteiger partial charge in [-0.2, -0.15) is 0 Å². The van der Waals surface area contributed by atoms with E-state index in [2.05, 4.69) is 27.4 Å². The molecule has 0 bridgehead atoms. The normalized spacial score (nSPS) is 30.1. The number of hydrogen-bond acceptors (Lipinski definition) is 4. The molecule has 0 radical (unpaired) electrons. The third-order valence-electron chi connectivity index (χ3n) is 6.30. The number of nitrogens with one attached hydrogen (secondary N) is 2. The molecule has 2 atom stereocenters. The maximum Gasteiger partial charge on any atom is 0.191 e. The third-order valence-corrected chi connectivity index (χ3v) is 6.30. The van der Waals surface area contributed by atoms with Crippen LogP contribution in [0.5, 0.6) is 0 Å². The minimum absolute atomic E-state index is 0.329. The molecule has 0 aromatic heterocycles. The Labute approximate surface area is 152 Å². The molecule has 2 unspecified atom stereocenters. The number of rotatable bonds is 6. The minimum atomic E-state index is 0.329. The minimum Gasteiger partial charge on any atom is -0.379 e. The van der Waals surface area contributed by atoms with Crippen molar-refractivity contribution in [2.24, 2.45) is 10.4 Å². The van der Waals surface area contributed by atoms with Gasteiger partial charge in [-0.15, -0.1) is 0 Å². The molecule has 0 amide bonds. The second-order valence-electron chi connectivity index (χ2n) is 7.62. The van der Waals surface area contributed by atoms with Gasteiger partial charge in [-0.25, -0.2) is 0 Å². The van der Waals surface area contributed by atoms with Gasteiger partial charge in [0.1, 0.15) is 0 Å². The van der Waals surface area contributed by atoms with Crippen molar-refractivity contribution in [1.29, 1.82) is 0 Å². The summed E-state index contributed by atoms with van der Waals surface area (Å²) in [7, 11) is 1.87. The van der Waals surface area contributed by atoms with Gasteiger partial charge in [0.15, 0.2) is 5.96 Å². The highest BCUT2D eigenvalue weighted by Gasteiger charge is 2.55. The van der Waals surface area contributed by atoms with Gasteiger partial charge >= 0.3 is 0 Å². The Kier molecular flexibility index (Phi) is 6.96. The van der Waals surface area contributed by atoms with E-state index in [0.29, 0.717) is 17.6 Å². The molecule has 0 aromatic rings. The van der Waals surface area contributed by atoms with Crippen LogP contribution >= 0.6 is 0 Å². The Hall–Kier alpha value is -0.850. The van der Waals surface area contributed by atoms with Crippen LogP contribution in [0.3, 0.4) is 0 Å². The van der Waals surface area contributed by atoms with Gasteiger partial charge in [-0.1, -0.05) is 19.3 Å². The third kappa shape index (κ3) is 4.47. The molecule has 2 saturated carbocycles. The van der Waals surface area contributed by atoms with E-state index in [4.69, 9.17) is 9.47 Å². The van der Waals surface area contributed by atoms with Crippen molar-refractivity contribution in [3.8, 4) is 0 Å². The molecular formula is C19H36N4O2. The largest absolute Gasteiger partial charge is 0.379 e. The smallest absolute Gasteiger partial charge is 0.191 e. The van der Waals surface area contributed by atoms with Gasteiger partial charge in [0.05, 0.1) is 19.3 Å². The van der Waals surface area contributed by atoms with Crippen LogP contribution < -0.4 is 10.6 Å². The lowest BCUT2D eigenvalue weighted by Gasteiger charge is -2.58. The Morgan fingerprint density at radius 2 is 2.00 bits per heavy atom. The molecule has 1 heterocycles. The van der Waals surface area contributed by atoms with E-state index < -0.39 is 0 Å². The summed E-state index contributed by atoms with van der Waals surface area (Å²) < 4.78 is 11.5. The van der Waals surface area contributed by atoms with E-state index in [0.717, 1.165) is 58.4 Å². The summed E-state index contributed by atoms with van der Waals surface area (Å²) >= 11 is 0. The highest BCUT2D eigenvalue weighted by atomic mass is 16.5. The summed E-state index contributed by atoms with van der Waals surface area (Å²) in [5, 5.41) is 7.21. The average molecular weight is 353 g/mol. The fraction of sp³-hybridized carbons (Fsp3) is 0.947. The first-order valence-electron chi connectivity index (χ1n) is 10.2. The van der Waals surface area contributed by atoms with Crippen molar-refractivity contribution >= 4 is 5.96 Å². The van der Waals surface area contributed by atoms with Gasteiger partial charge in [0, 0.05) is 51.3 Å². The molecule has 1 spiro atoms. The number of guanidine groups is 1. The summed E-state index contributed by atoms with van der Waals surface area (Å²) in [5.74, 6) is 0.943. The lowest BCUT2D eigenvalue weighted by molar-refractivity contribution is -0.145. The quantitative estimate of drug-likeness (QED) is 0.562. The topological polar surface area (TPSA) is 58.1 Å². The molecule has 1 aliphatic heterocycles. The molecular weight excluding hydrogens is 316 g/mol. The molecule has 3 rings (SSSR count). The van der Waals surface area contributed by atoms with E-state index >= 15 is 0 Å². The summed E-state index contributed by atoms with van der Waals surface area (Å²) in [6.07, 6.45) is 8.18. The Morgan fingerprint density at radius 3 is 2.68 bits per heavy atom. The van der Waals surface area contributed by atoms with E-state index in [9.17, 15) is 0 Å². The SMILES string of the molecule is CCOC1CC(NC(=NC)NCCN2CCOCC2)C12CCCCC2. The molecule has 25 heavy (non-hydrogen) atoms. The van der Waals surface area contributed by atoms with Crippen LogP contribution in [-0.2, 0) is 9.47 Å². The fourth-order valence-electron chi connectivity index (χ4n) is 4.78. The molecule has 0 aromatic carbocycles.